The normalized spacial score (nSPS) is 10.5. The molecular weight excluding hydrogens is 220 g/mol. The molecule has 0 aliphatic heterocycles. The van der Waals surface area contributed by atoms with E-state index in [1.54, 1.807) is 11.8 Å². The largest absolute Gasteiger partial charge is 0.330 e. The van der Waals surface area contributed by atoms with E-state index >= 15 is 0 Å². The molecule has 88 valence electrons. The summed E-state index contributed by atoms with van der Waals surface area (Å²) >= 11 is 1.80. The number of carbonyl (C=O) groups excluding carboxylic acids is 1. The standard InChI is InChI=1S/C12H18N2OS/c1-9(2)16-11-5-3-10(4-6-11)14-12(15)7-8-13/h3-6,9H,7-8,13H2,1-2H3,(H,14,15). The molecule has 0 saturated carbocycles. The highest BCUT2D eigenvalue weighted by molar-refractivity contribution is 7.99. The lowest BCUT2D eigenvalue weighted by Gasteiger charge is -2.07. The molecule has 1 aromatic carbocycles. The van der Waals surface area contributed by atoms with Crippen molar-refractivity contribution in [2.24, 2.45) is 5.73 Å². The third-order valence-corrected chi connectivity index (χ3v) is 2.90. The van der Waals surface area contributed by atoms with Crippen molar-refractivity contribution in [2.75, 3.05) is 11.9 Å². The second kappa shape index (κ2) is 6.55. The first-order chi connectivity index (χ1) is 7.61. The maximum Gasteiger partial charge on any atom is 0.225 e. The molecule has 0 heterocycles. The van der Waals surface area contributed by atoms with Crippen LogP contribution < -0.4 is 11.1 Å². The number of benzene rings is 1. The van der Waals surface area contributed by atoms with Crippen molar-refractivity contribution in [1.29, 1.82) is 0 Å². The van der Waals surface area contributed by atoms with Gasteiger partial charge in [0.15, 0.2) is 0 Å². The monoisotopic (exact) mass is 238 g/mol. The van der Waals surface area contributed by atoms with Crippen LogP contribution in [-0.2, 0) is 4.79 Å². The van der Waals surface area contributed by atoms with Crippen molar-refractivity contribution < 1.29 is 4.79 Å². The van der Waals surface area contributed by atoms with E-state index in [2.05, 4.69) is 19.2 Å². The highest BCUT2D eigenvalue weighted by Crippen LogP contribution is 2.24. The van der Waals surface area contributed by atoms with E-state index < -0.39 is 0 Å². The lowest BCUT2D eigenvalue weighted by atomic mass is 10.3. The first-order valence-corrected chi connectivity index (χ1v) is 6.26. The summed E-state index contributed by atoms with van der Waals surface area (Å²) < 4.78 is 0. The Morgan fingerprint density at radius 2 is 2.00 bits per heavy atom. The van der Waals surface area contributed by atoms with Crippen LogP contribution in [0.1, 0.15) is 20.3 Å². The Balaban J connectivity index is 2.54. The van der Waals surface area contributed by atoms with Gasteiger partial charge >= 0.3 is 0 Å². The van der Waals surface area contributed by atoms with Crippen LogP contribution in [0.15, 0.2) is 29.2 Å². The van der Waals surface area contributed by atoms with Gasteiger partial charge in [-0.1, -0.05) is 13.8 Å². The predicted octanol–water partition coefficient (Wildman–Crippen LogP) is 2.47. The molecule has 0 fully saturated rings. The molecule has 0 aliphatic carbocycles. The number of amides is 1. The van der Waals surface area contributed by atoms with E-state index in [1.165, 1.54) is 4.90 Å². The van der Waals surface area contributed by atoms with Crippen molar-refractivity contribution in [2.45, 2.75) is 30.4 Å². The molecule has 1 aromatic rings. The summed E-state index contributed by atoms with van der Waals surface area (Å²) in [6, 6.07) is 7.86. The van der Waals surface area contributed by atoms with Crippen LogP contribution in [-0.4, -0.2) is 17.7 Å². The lowest BCUT2D eigenvalue weighted by molar-refractivity contribution is -0.116. The Labute approximate surface area is 101 Å². The molecule has 3 N–H and O–H groups in total. The maximum absolute atomic E-state index is 11.3. The van der Waals surface area contributed by atoms with E-state index in [9.17, 15) is 4.79 Å². The molecule has 0 aromatic heterocycles. The van der Waals surface area contributed by atoms with Crippen LogP contribution in [0.3, 0.4) is 0 Å². The minimum atomic E-state index is -0.0354. The van der Waals surface area contributed by atoms with Crippen LogP contribution in [0.25, 0.3) is 0 Å². The van der Waals surface area contributed by atoms with Gasteiger partial charge in [-0.05, 0) is 24.3 Å². The Morgan fingerprint density at radius 1 is 1.38 bits per heavy atom. The molecule has 0 saturated heterocycles. The first-order valence-electron chi connectivity index (χ1n) is 5.38. The molecule has 1 amide bonds. The highest BCUT2D eigenvalue weighted by atomic mass is 32.2. The first kappa shape index (κ1) is 13.1. The highest BCUT2D eigenvalue weighted by Gasteiger charge is 2.01. The fraction of sp³-hybridized carbons (Fsp3) is 0.417. The zero-order valence-electron chi connectivity index (χ0n) is 9.69. The summed E-state index contributed by atoms with van der Waals surface area (Å²) in [7, 11) is 0. The van der Waals surface area contributed by atoms with Crippen LogP contribution in [0.4, 0.5) is 5.69 Å². The number of thioether (sulfide) groups is 1. The zero-order chi connectivity index (χ0) is 12.0. The quantitative estimate of drug-likeness (QED) is 0.775. The SMILES string of the molecule is CC(C)Sc1ccc(NC(=O)CCN)cc1. The van der Waals surface area contributed by atoms with E-state index in [-0.39, 0.29) is 5.91 Å². The van der Waals surface area contributed by atoms with Gasteiger partial charge in [0.25, 0.3) is 0 Å². The molecule has 0 spiro atoms. The molecule has 0 aliphatic rings. The molecule has 16 heavy (non-hydrogen) atoms. The average molecular weight is 238 g/mol. The topological polar surface area (TPSA) is 55.1 Å². The number of anilines is 1. The van der Waals surface area contributed by atoms with Crippen molar-refractivity contribution in [3.63, 3.8) is 0 Å². The van der Waals surface area contributed by atoms with Crippen LogP contribution >= 0.6 is 11.8 Å². The Morgan fingerprint density at radius 3 is 2.50 bits per heavy atom. The number of hydrogen-bond donors (Lipinski definition) is 2. The van der Waals surface area contributed by atoms with Crippen molar-refractivity contribution in [1.82, 2.24) is 0 Å². The third kappa shape index (κ3) is 4.68. The average Bonchev–Trinajstić information content (AvgIpc) is 2.20. The molecule has 4 heteroatoms. The second-order valence-corrected chi connectivity index (χ2v) is 5.43. The summed E-state index contributed by atoms with van der Waals surface area (Å²) in [4.78, 5) is 12.5. The summed E-state index contributed by atoms with van der Waals surface area (Å²) in [5.41, 5.74) is 6.12. The maximum atomic E-state index is 11.3. The second-order valence-electron chi connectivity index (χ2n) is 3.78. The van der Waals surface area contributed by atoms with E-state index in [0.29, 0.717) is 18.2 Å². The van der Waals surface area contributed by atoms with Crippen molar-refractivity contribution in [3.8, 4) is 0 Å². The Kier molecular flexibility index (Phi) is 5.35. The molecular formula is C12H18N2OS. The van der Waals surface area contributed by atoms with Gasteiger partial charge in [-0.25, -0.2) is 0 Å². The Hall–Kier alpha value is -1.00. The predicted molar refractivity (Wildman–Crippen MR) is 69.7 cm³/mol. The third-order valence-electron chi connectivity index (χ3n) is 1.88. The minimum Gasteiger partial charge on any atom is -0.330 e. The summed E-state index contributed by atoms with van der Waals surface area (Å²) in [5, 5.41) is 3.36. The van der Waals surface area contributed by atoms with E-state index in [0.717, 1.165) is 5.69 Å². The van der Waals surface area contributed by atoms with Gasteiger partial charge in [0, 0.05) is 28.8 Å². The van der Waals surface area contributed by atoms with Gasteiger partial charge in [-0.3, -0.25) is 4.79 Å². The van der Waals surface area contributed by atoms with Gasteiger partial charge < -0.3 is 11.1 Å². The van der Waals surface area contributed by atoms with Crippen molar-refractivity contribution in [3.05, 3.63) is 24.3 Å². The molecule has 0 atom stereocenters. The fourth-order valence-corrected chi connectivity index (χ4v) is 2.08. The van der Waals surface area contributed by atoms with Crippen molar-refractivity contribution >= 4 is 23.4 Å². The van der Waals surface area contributed by atoms with Gasteiger partial charge in [0.05, 0.1) is 0 Å². The number of hydrogen-bond acceptors (Lipinski definition) is 3. The van der Waals surface area contributed by atoms with E-state index in [4.69, 9.17) is 5.73 Å². The van der Waals surface area contributed by atoms with Crippen LogP contribution in [0, 0.1) is 0 Å². The number of rotatable bonds is 5. The zero-order valence-corrected chi connectivity index (χ0v) is 10.5. The van der Waals surface area contributed by atoms with Gasteiger partial charge in [-0.15, -0.1) is 11.8 Å². The molecule has 0 radical (unpaired) electrons. The lowest BCUT2D eigenvalue weighted by Crippen LogP contribution is -2.15. The van der Waals surface area contributed by atoms with Crippen LogP contribution in [0.5, 0.6) is 0 Å². The number of nitrogens with two attached hydrogens (primary N) is 1. The summed E-state index contributed by atoms with van der Waals surface area (Å²) in [6.45, 7) is 4.69. The summed E-state index contributed by atoms with van der Waals surface area (Å²) in [6.07, 6.45) is 0.364. The molecule has 0 bridgehead atoms. The molecule has 1 rings (SSSR count). The van der Waals surface area contributed by atoms with E-state index in [1.807, 2.05) is 24.3 Å². The number of nitrogens with one attached hydrogen (secondary N) is 1. The van der Waals surface area contributed by atoms with Gasteiger partial charge in [0.2, 0.25) is 5.91 Å². The summed E-state index contributed by atoms with van der Waals surface area (Å²) in [5.74, 6) is -0.0354. The Bertz CT molecular complexity index is 335. The minimum absolute atomic E-state index is 0.0354. The smallest absolute Gasteiger partial charge is 0.225 e. The molecule has 0 unspecified atom stereocenters. The molecule has 3 nitrogen and oxygen atoms in total. The fourth-order valence-electron chi connectivity index (χ4n) is 1.24. The van der Waals surface area contributed by atoms with Gasteiger partial charge in [0.1, 0.15) is 0 Å². The van der Waals surface area contributed by atoms with Crippen LogP contribution in [0.2, 0.25) is 0 Å². The van der Waals surface area contributed by atoms with Gasteiger partial charge in [-0.2, -0.15) is 0 Å². The number of carbonyl (C=O) groups is 1.